The minimum Gasteiger partial charge on any atom is -0.379 e. The molecule has 2 aliphatic heterocycles. The van der Waals surface area contributed by atoms with Gasteiger partial charge in [0.15, 0.2) is 0 Å². The zero-order chi connectivity index (χ0) is 19.8. The van der Waals surface area contributed by atoms with E-state index in [1.54, 1.807) is 15.6 Å². The van der Waals surface area contributed by atoms with Gasteiger partial charge < -0.3 is 23.8 Å². The predicted molar refractivity (Wildman–Crippen MR) is 101 cm³/mol. The molecular weight excluding hydrogens is 362 g/mol. The molecule has 2 saturated heterocycles. The number of amides is 2. The summed E-state index contributed by atoms with van der Waals surface area (Å²) in [5.74, 6) is -0.465. The molecule has 28 heavy (non-hydrogen) atoms. The Hall–Kier alpha value is -2.39. The molecule has 9 heteroatoms. The van der Waals surface area contributed by atoms with E-state index < -0.39 is 0 Å². The van der Waals surface area contributed by atoms with Gasteiger partial charge in [-0.3, -0.25) is 9.59 Å². The summed E-state index contributed by atoms with van der Waals surface area (Å²) in [4.78, 5) is 29.9. The Balaban J connectivity index is 1.52. The number of carbonyl (C=O) groups is 2. The van der Waals surface area contributed by atoms with E-state index in [2.05, 4.69) is 5.10 Å². The van der Waals surface area contributed by atoms with Crippen LogP contribution in [0.1, 0.15) is 24.2 Å². The number of fused-ring (bicyclic) bond motifs is 1. The van der Waals surface area contributed by atoms with Gasteiger partial charge in [0, 0.05) is 45.6 Å². The molecule has 4 rings (SSSR count). The van der Waals surface area contributed by atoms with Crippen molar-refractivity contribution in [3.05, 3.63) is 24.2 Å². The number of aryl methyl sites for hydroxylation is 1. The van der Waals surface area contributed by atoms with E-state index in [1.165, 1.54) is 0 Å². The van der Waals surface area contributed by atoms with Gasteiger partial charge in [-0.25, -0.2) is 4.52 Å². The molecule has 0 aliphatic carbocycles. The van der Waals surface area contributed by atoms with Gasteiger partial charge in [0.1, 0.15) is 11.2 Å². The molecule has 1 unspecified atom stereocenters. The Kier molecular flexibility index (Phi) is 5.11. The van der Waals surface area contributed by atoms with Crippen molar-refractivity contribution in [2.45, 2.75) is 26.1 Å². The van der Waals surface area contributed by atoms with Crippen molar-refractivity contribution in [2.24, 2.45) is 13.0 Å². The normalized spacial score (nSPS) is 26.5. The molecule has 0 bridgehead atoms. The average Bonchev–Trinajstić information content (AvgIpc) is 3.14. The quantitative estimate of drug-likeness (QED) is 0.743. The van der Waals surface area contributed by atoms with Crippen molar-refractivity contribution >= 4 is 17.5 Å². The molecule has 0 saturated carbocycles. The molecule has 2 fully saturated rings. The highest BCUT2D eigenvalue weighted by Gasteiger charge is 2.34. The summed E-state index contributed by atoms with van der Waals surface area (Å²) in [7, 11) is 1.88. The Morgan fingerprint density at radius 3 is 2.61 bits per heavy atom. The zero-order valence-electron chi connectivity index (χ0n) is 16.6. The zero-order valence-corrected chi connectivity index (χ0v) is 16.6. The maximum Gasteiger partial charge on any atom is 0.259 e. The molecule has 152 valence electrons. The van der Waals surface area contributed by atoms with Crippen LogP contribution in [0.2, 0.25) is 0 Å². The Bertz CT molecular complexity index is 865. The molecule has 0 radical (unpaired) electrons. The monoisotopic (exact) mass is 389 g/mol. The van der Waals surface area contributed by atoms with E-state index in [9.17, 15) is 9.59 Å². The Morgan fingerprint density at radius 2 is 1.86 bits per heavy atom. The lowest BCUT2D eigenvalue weighted by Crippen LogP contribution is -2.52. The van der Waals surface area contributed by atoms with E-state index >= 15 is 0 Å². The first kappa shape index (κ1) is 18.9. The molecule has 4 heterocycles. The number of imidazole rings is 1. The highest BCUT2D eigenvalue weighted by Crippen LogP contribution is 2.19. The Labute approximate surface area is 163 Å². The third-order valence-electron chi connectivity index (χ3n) is 5.40. The molecule has 3 atom stereocenters. The summed E-state index contributed by atoms with van der Waals surface area (Å²) in [6.07, 6.45) is 5.28. The van der Waals surface area contributed by atoms with Crippen molar-refractivity contribution in [2.75, 3.05) is 39.4 Å². The van der Waals surface area contributed by atoms with E-state index in [0.29, 0.717) is 45.0 Å². The van der Waals surface area contributed by atoms with Crippen LogP contribution in [0, 0.1) is 5.92 Å². The van der Waals surface area contributed by atoms with Gasteiger partial charge in [0.25, 0.3) is 5.91 Å². The van der Waals surface area contributed by atoms with Gasteiger partial charge >= 0.3 is 0 Å². The second kappa shape index (κ2) is 7.56. The SMILES string of the molecule is C[C@@H]1CN(C(=O)C2COCCN(C(=O)c3cnn4ccn(C)c34)C2)C[C@H](C)O1. The van der Waals surface area contributed by atoms with Crippen LogP contribution in [0.4, 0.5) is 0 Å². The van der Waals surface area contributed by atoms with Gasteiger partial charge in [0.2, 0.25) is 5.91 Å². The topological polar surface area (TPSA) is 81.3 Å². The highest BCUT2D eigenvalue weighted by atomic mass is 16.5. The lowest BCUT2D eigenvalue weighted by atomic mass is 10.1. The van der Waals surface area contributed by atoms with Gasteiger partial charge in [-0.2, -0.15) is 5.10 Å². The molecule has 2 aromatic rings. The summed E-state index contributed by atoms with van der Waals surface area (Å²) < 4.78 is 14.9. The number of nitrogens with zero attached hydrogens (tertiary/aromatic N) is 5. The molecule has 9 nitrogen and oxygen atoms in total. The average molecular weight is 389 g/mol. The van der Waals surface area contributed by atoms with Crippen LogP contribution in [0.25, 0.3) is 5.65 Å². The standard InChI is InChI=1S/C19H27N5O4/c1-13-9-23(10-14(2)28-13)18(25)15-11-22(6-7-27-12-15)19(26)16-8-20-24-5-4-21(3)17(16)24/h4-5,8,13-15H,6-7,9-12H2,1-3H3/t13-,14+,15?. The van der Waals surface area contributed by atoms with E-state index in [4.69, 9.17) is 9.47 Å². The first-order chi connectivity index (χ1) is 13.4. The molecule has 2 aliphatic rings. The summed E-state index contributed by atoms with van der Waals surface area (Å²) in [5, 5.41) is 4.25. The van der Waals surface area contributed by atoms with Gasteiger partial charge in [-0.05, 0) is 13.8 Å². The molecule has 0 spiro atoms. The number of morpholine rings is 1. The van der Waals surface area contributed by atoms with Gasteiger partial charge in [-0.15, -0.1) is 0 Å². The molecular formula is C19H27N5O4. The van der Waals surface area contributed by atoms with Crippen molar-refractivity contribution in [3.8, 4) is 0 Å². The number of aromatic nitrogens is 3. The largest absolute Gasteiger partial charge is 0.379 e. The summed E-state index contributed by atoms with van der Waals surface area (Å²) >= 11 is 0. The second-order valence-corrected chi connectivity index (χ2v) is 7.76. The molecule has 2 amide bonds. The molecule has 0 aromatic carbocycles. The minimum atomic E-state index is -0.372. The first-order valence-electron chi connectivity index (χ1n) is 9.74. The van der Waals surface area contributed by atoms with Crippen LogP contribution >= 0.6 is 0 Å². The van der Waals surface area contributed by atoms with Crippen molar-refractivity contribution in [1.29, 1.82) is 0 Å². The van der Waals surface area contributed by atoms with Crippen LogP contribution in [0.3, 0.4) is 0 Å². The number of carbonyl (C=O) groups excluding carboxylic acids is 2. The van der Waals surface area contributed by atoms with Crippen LogP contribution in [0.15, 0.2) is 18.6 Å². The highest BCUT2D eigenvalue weighted by molar-refractivity contribution is 6.00. The first-order valence-corrected chi connectivity index (χ1v) is 9.74. The smallest absolute Gasteiger partial charge is 0.259 e. The minimum absolute atomic E-state index is 0.00942. The van der Waals surface area contributed by atoms with Crippen LogP contribution in [-0.2, 0) is 21.3 Å². The number of hydrogen-bond acceptors (Lipinski definition) is 5. The molecule has 0 N–H and O–H groups in total. The fourth-order valence-electron chi connectivity index (χ4n) is 4.13. The fraction of sp³-hybridized carbons (Fsp3) is 0.632. The van der Waals surface area contributed by atoms with Gasteiger partial charge in [0.05, 0.1) is 37.5 Å². The lowest BCUT2D eigenvalue weighted by molar-refractivity contribution is -0.149. The fourth-order valence-corrected chi connectivity index (χ4v) is 4.13. The number of ether oxygens (including phenoxy) is 2. The summed E-state index contributed by atoms with van der Waals surface area (Å²) in [6.45, 7) is 6.64. The summed E-state index contributed by atoms with van der Waals surface area (Å²) in [6, 6.07) is 0. The second-order valence-electron chi connectivity index (χ2n) is 7.76. The van der Waals surface area contributed by atoms with E-state index in [0.717, 1.165) is 5.65 Å². The van der Waals surface area contributed by atoms with E-state index in [-0.39, 0.29) is 29.9 Å². The van der Waals surface area contributed by atoms with Crippen molar-refractivity contribution in [1.82, 2.24) is 24.0 Å². The maximum atomic E-state index is 13.2. The number of hydrogen-bond donors (Lipinski definition) is 0. The lowest BCUT2D eigenvalue weighted by Gasteiger charge is -2.37. The van der Waals surface area contributed by atoms with E-state index in [1.807, 2.05) is 42.8 Å². The van der Waals surface area contributed by atoms with Crippen molar-refractivity contribution in [3.63, 3.8) is 0 Å². The summed E-state index contributed by atoms with van der Waals surface area (Å²) in [5.41, 5.74) is 1.28. The van der Waals surface area contributed by atoms with Crippen LogP contribution in [-0.4, -0.2) is 87.4 Å². The Morgan fingerprint density at radius 1 is 1.11 bits per heavy atom. The van der Waals surface area contributed by atoms with Crippen molar-refractivity contribution < 1.29 is 19.1 Å². The predicted octanol–water partition coefficient (Wildman–Crippen LogP) is 0.397. The molecule has 2 aromatic heterocycles. The van der Waals surface area contributed by atoms with Crippen LogP contribution in [0.5, 0.6) is 0 Å². The maximum absolute atomic E-state index is 13.2. The third kappa shape index (κ3) is 3.51. The van der Waals surface area contributed by atoms with Crippen LogP contribution < -0.4 is 0 Å². The number of rotatable bonds is 2. The third-order valence-corrected chi connectivity index (χ3v) is 5.40. The van der Waals surface area contributed by atoms with Gasteiger partial charge in [-0.1, -0.05) is 0 Å².